The maximum absolute atomic E-state index is 5.08. The minimum absolute atomic E-state index is 0.557. The van der Waals surface area contributed by atoms with Crippen molar-refractivity contribution in [2.45, 2.75) is 108 Å². The molecule has 3 aliphatic rings. The Morgan fingerprint density at radius 1 is 0.667 bits per heavy atom. The Morgan fingerprint density at radius 2 is 1.26 bits per heavy atom. The number of hydrogen-bond acceptors (Lipinski definition) is 3. The van der Waals surface area contributed by atoms with Crippen LogP contribution in [0.15, 0.2) is 0 Å². The van der Waals surface area contributed by atoms with E-state index in [0.717, 1.165) is 11.5 Å². The maximum Gasteiger partial charge on any atom is 0.185 e. The topological polar surface area (TPSA) is 43.1 Å². The van der Waals surface area contributed by atoms with Gasteiger partial charge in [-0.15, -0.1) is 9.73 Å². The van der Waals surface area contributed by atoms with Crippen LogP contribution in [-0.4, -0.2) is 19.8 Å². The molecule has 4 nitrogen and oxygen atoms in total. The van der Waals surface area contributed by atoms with Gasteiger partial charge in [0.15, 0.2) is 11.5 Å². The van der Waals surface area contributed by atoms with Gasteiger partial charge < -0.3 is 0 Å². The van der Waals surface area contributed by atoms with E-state index in [4.69, 9.17) is 15.2 Å². The molecule has 2 aromatic rings. The summed E-state index contributed by atoms with van der Waals surface area (Å²) >= 11 is 0. The largest absolute Gasteiger partial charge is 0.209 e. The molecule has 27 heavy (non-hydrogen) atoms. The smallest absolute Gasteiger partial charge is 0.185 e. The van der Waals surface area contributed by atoms with Gasteiger partial charge in [-0.2, -0.15) is 5.10 Å². The van der Waals surface area contributed by atoms with Crippen molar-refractivity contribution in [3.8, 4) is 0 Å². The van der Waals surface area contributed by atoms with Gasteiger partial charge in [-0.05, 0) is 44.4 Å². The molecule has 0 radical (unpaired) electrons. The molecule has 0 amide bonds. The summed E-state index contributed by atoms with van der Waals surface area (Å²) in [6, 6.07) is 0. The van der Waals surface area contributed by atoms with Crippen molar-refractivity contribution in [3.05, 3.63) is 16.7 Å². The van der Waals surface area contributed by atoms with Crippen molar-refractivity contribution < 1.29 is 0 Å². The van der Waals surface area contributed by atoms with Crippen molar-refractivity contribution in [2.24, 2.45) is 5.92 Å². The van der Waals surface area contributed by atoms with Gasteiger partial charge in [-0.1, -0.05) is 63.9 Å². The molecule has 0 bridgehead atoms. The van der Waals surface area contributed by atoms with Gasteiger partial charge in [0.25, 0.3) is 0 Å². The van der Waals surface area contributed by atoms with Crippen molar-refractivity contribution in [1.29, 1.82) is 0 Å². The van der Waals surface area contributed by atoms with E-state index in [9.17, 15) is 0 Å². The molecule has 146 valence electrons. The van der Waals surface area contributed by atoms with Crippen LogP contribution in [0.1, 0.15) is 120 Å². The molecule has 0 spiro atoms. The van der Waals surface area contributed by atoms with E-state index in [-0.39, 0.29) is 0 Å². The van der Waals surface area contributed by atoms with Crippen molar-refractivity contribution in [3.63, 3.8) is 0 Å². The van der Waals surface area contributed by atoms with Crippen molar-refractivity contribution in [2.75, 3.05) is 0 Å². The highest BCUT2D eigenvalue weighted by atomic mass is 15.5. The zero-order valence-electron chi connectivity index (χ0n) is 16.7. The monoisotopic (exact) mass is 366 g/mol. The first-order valence-electron chi connectivity index (χ1n) is 11.7. The third-order valence-electron chi connectivity index (χ3n) is 7.34. The lowest BCUT2D eigenvalue weighted by atomic mass is 9.84. The summed E-state index contributed by atoms with van der Waals surface area (Å²) in [7, 11) is 0. The van der Waals surface area contributed by atoms with E-state index in [1.165, 1.54) is 107 Å². The second-order valence-electron chi connectivity index (χ2n) is 9.32. The van der Waals surface area contributed by atoms with Crippen molar-refractivity contribution in [1.82, 2.24) is 19.8 Å². The Balaban J connectivity index is 1.55. The van der Waals surface area contributed by atoms with Crippen LogP contribution in [0.4, 0.5) is 0 Å². The summed E-state index contributed by atoms with van der Waals surface area (Å²) in [5.74, 6) is 2.95. The van der Waals surface area contributed by atoms with Gasteiger partial charge in [-0.25, -0.2) is 4.98 Å². The van der Waals surface area contributed by atoms with Gasteiger partial charge >= 0.3 is 0 Å². The van der Waals surface area contributed by atoms with E-state index < -0.39 is 0 Å². The summed E-state index contributed by atoms with van der Waals surface area (Å²) in [6.45, 7) is 0. The molecule has 2 heterocycles. The number of hydrogen-bond donors (Lipinski definition) is 0. The molecule has 0 saturated heterocycles. The van der Waals surface area contributed by atoms with Crippen LogP contribution in [-0.2, 0) is 0 Å². The predicted octanol–water partition coefficient (Wildman–Crippen LogP) is 5.30. The highest BCUT2D eigenvalue weighted by Gasteiger charge is 2.26. The minimum atomic E-state index is 0.557. The first-order chi connectivity index (χ1) is 13.4. The maximum atomic E-state index is 5.08. The predicted molar refractivity (Wildman–Crippen MR) is 109 cm³/mol. The van der Waals surface area contributed by atoms with E-state index in [0.29, 0.717) is 17.8 Å². The Morgan fingerprint density at radius 3 is 1.93 bits per heavy atom. The first-order valence-corrected chi connectivity index (χ1v) is 11.7. The molecule has 0 atom stereocenters. The lowest BCUT2D eigenvalue weighted by Crippen LogP contribution is -2.18. The standard InChI is InChI=1S/C23H34N4/c1-4-10-17(11-5-1)16-20-21(18-12-6-2-7-13-18)25-27-23(20)24-22(26-27)19-14-8-3-9-15-19/h16-19H,1-15H2/b20-16-. The molecule has 3 saturated carbocycles. The van der Waals surface area contributed by atoms with E-state index in [2.05, 4.69) is 6.08 Å². The van der Waals surface area contributed by atoms with Crippen LogP contribution < -0.4 is 5.22 Å². The van der Waals surface area contributed by atoms with E-state index in [1.54, 1.807) is 0 Å². The second kappa shape index (κ2) is 7.89. The van der Waals surface area contributed by atoms with Crippen LogP contribution in [0.2, 0.25) is 0 Å². The van der Waals surface area contributed by atoms with Crippen LogP contribution in [0.25, 0.3) is 11.7 Å². The zero-order valence-corrected chi connectivity index (χ0v) is 16.7. The minimum Gasteiger partial charge on any atom is -0.209 e. The normalized spacial score (nSPS) is 24.8. The number of rotatable bonds is 3. The average Bonchev–Trinajstić information content (AvgIpc) is 3.30. The SMILES string of the molecule is C(=c1\c(C2CCCCC2)nn2nc(C3CCCCC3)nc12)/C1CCCCC1. The molecular weight excluding hydrogens is 332 g/mol. The first kappa shape index (κ1) is 17.6. The molecule has 2 aromatic heterocycles. The molecular formula is C23H34N4. The molecule has 0 N–H and O–H groups in total. The third kappa shape index (κ3) is 3.64. The molecule has 5 rings (SSSR count). The fourth-order valence-corrected chi connectivity index (χ4v) is 5.74. The molecule has 3 aliphatic carbocycles. The molecule has 0 aliphatic heterocycles. The fraction of sp³-hybridized carbons (Fsp3) is 0.783. The molecule has 0 unspecified atom stereocenters. The molecule has 4 heteroatoms. The summed E-state index contributed by atoms with van der Waals surface area (Å²) < 4.78 is 1.91. The molecule has 0 aromatic carbocycles. The summed E-state index contributed by atoms with van der Waals surface area (Å²) in [6.07, 6.45) is 22.6. The van der Waals surface area contributed by atoms with Crippen molar-refractivity contribution >= 4 is 11.7 Å². The second-order valence-corrected chi connectivity index (χ2v) is 9.32. The summed E-state index contributed by atoms with van der Waals surface area (Å²) in [5.41, 5.74) is 2.37. The van der Waals surface area contributed by atoms with Gasteiger partial charge in [0.2, 0.25) is 0 Å². The van der Waals surface area contributed by atoms with Crippen LogP contribution in [0, 0.1) is 5.92 Å². The third-order valence-corrected chi connectivity index (χ3v) is 7.34. The van der Waals surface area contributed by atoms with Crippen LogP contribution in [0.5, 0.6) is 0 Å². The quantitative estimate of drug-likeness (QED) is 0.740. The lowest BCUT2D eigenvalue weighted by molar-refractivity contribution is 0.423. The summed E-state index contributed by atoms with van der Waals surface area (Å²) in [4.78, 5) is 5.08. The van der Waals surface area contributed by atoms with Crippen LogP contribution >= 0.6 is 0 Å². The number of nitrogens with zero attached hydrogens (tertiary/aromatic N) is 4. The Kier molecular flexibility index (Phi) is 5.15. The lowest BCUT2D eigenvalue weighted by Gasteiger charge is -2.21. The Hall–Kier alpha value is -1.45. The van der Waals surface area contributed by atoms with E-state index >= 15 is 0 Å². The Labute approximate surface area is 162 Å². The zero-order chi connectivity index (χ0) is 18.1. The number of aromatic nitrogens is 4. The average molecular weight is 367 g/mol. The van der Waals surface area contributed by atoms with Gasteiger partial charge in [0.1, 0.15) is 0 Å². The highest BCUT2D eigenvalue weighted by molar-refractivity contribution is 5.49. The Bertz CT molecular complexity index is 805. The van der Waals surface area contributed by atoms with Gasteiger partial charge in [0.05, 0.1) is 5.69 Å². The van der Waals surface area contributed by atoms with E-state index in [1.807, 2.05) is 4.63 Å². The van der Waals surface area contributed by atoms with Crippen LogP contribution in [0.3, 0.4) is 0 Å². The summed E-state index contributed by atoms with van der Waals surface area (Å²) in [5, 5.41) is 11.3. The fourth-order valence-electron chi connectivity index (χ4n) is 5.74. The van der Waals surface area contributed by atoms with Gasteiger partial charge in [-0.3, -0.25) is 0 Å². The number of fused-ring (bicyclic) bond motifs is 1. The van der Waals surface area contributed by atoms with Gasteiger partial charge in [0, 0.05) is 17.1 Å². The molecule has 3 fully saturated rings. The highest BCUT2D eigenvalue weighted by Crippen LogP contribution is 2.33.